The van der Waals surface area contributed by atoms with Crippen LogP contribution in [0.15, 0.2) is 24.3 Å². The van der Waals surface area contributed by atoms with Gasteiger partial charge in [-0.25, -0.2) is 4.79 Å². The molecule has 2 unspecified atom stereocenters. The van der Waals surface area contributed by atoms with Gasteiger partial charge < -0.3 is 10.1 Å². The molecule has 0 heterocycles. The number of benzene rings is 1. The third-order valence-corrected chi connectivity index (χ3v) is 4.49. The van der Waals surface area contributed by atoms with Crippen LogP contribution in [0.2, 0.25) is 0 Å². The molecule has 8 heteroatoms. The van der Waals surface area contributed by atoms with E-state index in [1.54, 1.807) is 51.7 Å². The Labute approximate surface area is 161 Å². The van der Waals surface area contributed by atoms with E-state index in [1.165, 1.54) is 6.92 Å². The minimum Gasteiger partial charge on any atom is -0.426 e. The van der Waals surface area contributed by atoms with Crippen molar-refractivity contribution >= 4 is 32.3 Å². The summed E-state index contributed by atoms with van der Waals surface area (Å²) in [5, 5.41) is 2.64. The summed E-state index contributed by atoms with van der Waals surface area (Å²) in [7, 11) is 0.0317. The zero-order valence-corrected chi connectivity index (χ0v) is 17.7. The van der Waals surface area contributed by atoms with Gasteiger partial charge in [-0.3, -0.25) is 14.5 Å². The molecule has 0 aliphatic heterocycles. The van der Waals surface area contributed by atoms with E-state index >= 15 is 0 Å². The van der Waals surface area contributed by atoms with Crippen molar-refractivity contribution in [3.63, 3.8) is 0 Å². The minimum absolute atomic E-state index is 0.0317. The van der Waals surface area contributed by atoms with E-state index < -0.39 is 22.8 Å². The first-order valence-electron chi connectivity index (χ1n) is 8.68. The van der Waals surface area contributed by atoms with Crippen LogP contribution in [0.4, 0.5) is 5.69 Å². The van der Waals surface area contributed by atoms with Gasteiger partial charge in [0.1, 0.15) is 5.75 Å². The number of hydrogen-bond donors (Lipinski definition) is 1. The lowest BCUT2D eigenvalue weighted by atomic mass is 9.72. The van der Waals surface area contributed by atoms with Crippen molar-refractivity contribution in [2.24, 2.45) is 10.8 Å². The number of rotatable bonds is 9. The van der Waals surface area contributed by atoms with E-state index in [0.29, 0.717) is 17.9 Å². The Balaban J connectivity index is 2.81. The molecule has 0 aromatic heterocycles. The predicted molar refractivity (Wildman–Crippen MR) is 105 cm³/mol. The summed E-state index contributed by atoms with van der Waals surface area (Å²) in [6.07, 6.45) is 0.735. The fourth-order valence-electron chi connectivity index (χ4n) is 2.62. The topological polar surface area (TPSA) is 90.9 Å². The highest BCUT2D eigenvalue weighted by atomic mass is 31.1. The SMILES string of the molecule is CCC(C)(CC(C)(C)C(=O)Oc1ccc(NC(C)=O)cc1)C(=O)OOPC. The van der Waals surface area contributed by atoms with Gasteiger partial charge in [0.05, 0.1) is 19.6 Å². The van der Waals surface area contributed by atoms with Crippen LogP contribution in [-0.4, -0.2) is 24.5 Å². The smallest absolute Gasteiger partial charge is 0.348 e. The number of carbonyl (C=O) groups excluding carboxylic acids is 3. The van der Waals surface area contributed by atoms with Crippen LogP contribution in [0.3, 0.4) is 0 Å². The molecule has 150 valence electrons. The lowest BCUT2D eigenvalue weighted by Crippen LogP contribution is -2.39. The van der Waals surface area contributed by atoms with E-state index in [9.17, 15) is 14.4 Å². The molecule has 1 aromatic carbocycles. The number of anilines is 1. The molecule has 27 heavy (non-hydrogen) atoms. The number of esters is 1. The molecule has 1 amide bonds. The summed E-state index contributed by atoms with van der Waals surface area (Å²) >= 11 is 0. The summed E-state index contributed by atoms with van der Waals surface area (Å²) in [5.74, 6) is -0.780. The molecule has 2 atom stereocenters. The summed E-state index contributed by atoms with van der Waals surface area (Å²) < 4.78 is 10.2. The van der Waals surface area contributed by atoms with Crippen LogP contribution in [0.1, 0.15) is 47.5 Å². The highest BCUT2D eigenvalue weighted by Crippen LogP contribution is 2.39. The van der Waals surface area contributed by atoms with Gasteiger partial charge in [-0.2, -0.15) is 4.67 Å². The maximum atomic E-state index is 12.7. The molecule has 0 saturated heterocycles. The zero-order chi connectivity index (χ0) is 20.7. The van der Waals surface area contributed by atoms with Crippen LogP contribution in [-0.2, 0) is 23.9 Å². The van der Waals surface area contributed by atoms with Crippen molar-refractivity contribution in [3.05, 3.63) is 24.3 Å². The van der Waals surface area contributed by atoms with Crippen LogP contribution in [0.5, 0.6) is 5.75 Å². The van der Waals surface area contributed by atoms with E-state index in [1.807, 2.05) is 6.92 Å². The van der Waals surface area contributed by atoms with Crippen molar-refractivity contribution in [2.75, 3.05) is 12.0 Å². The lowest BCUT2D eigenvalue weighted by molar-refractivity contribution is -0.221. The first-order valence-corrected chi connectivity index (χ1v) is 10.1. The van der Waals surface area contributed by atoms with E-state index in [-0.39, 0.29) is 21.1 Å². The van der Waals surface area contributed by atoms with Gasteiger partial charge in [0.25, 0.3) is 0 Å². The Morgan fingerprint density at radius 1 is 1.07 bits per heavy atom. The quantitative estimate of drug-likeness (QED) is 0.222. The fourth-order valence-corrected chi connectivity index (χ4v) is 2.78. The molecule has 1 rings (SSSR count). The maximum absolute atomic E-state index is 12.7. The molecule has 0 bridgehead atoms. The Bertz CT molecular complexity index is 673. The van der Waals surface area contributed by atoms with Gasteiger partial charge in [-0.05, 0) is 64.5 Å². The summed E-state index contributed by atoms with van der Waals surface area (Å²) in [6, 6.07) is 6.49. The monoisotopic (exact) mass is 397 g/mol. The van der Waals surface area contributed by atoms with Crippen LogP contribution in [0, 0.1) is 10.8 Å². The fraction of sp³-hybridized carbons (Fsp3) is 0.526. The molecular weight excluding hydrogens is 369 g/mol. The van der Waals surface area contributed by atoms with Gasteiger partial charge in [-0.15, -0.1) is 0 Å². The van der Waals surface area contributed by atoms with Crippen molar-refractivity contribution in [3.8, 4) is 5.75 Å². The molecule has 0 radical (unpaired) electrons. The van der Waals surface area contributed by atoms with Gasteiger partial charge >= 0.3 is 11.9 Å². The molecule has 0 fully saturated rings. The van der Waals surface area contributed by atoms with Gasteiger partial charge in [0.15, 0.2) is 0 Å². The number of hydrogen-bond acceptors (Lipinski definition) is 6. The van der Waals surface area contributed by atoms with E-state index in [0.717, 1.165) is 0 Å². The summed E-state index contributed by atoms with van der Waals surface area (Å²) in [5.41, 5.74) is -1.19. The largest absolute Gasteiger partial charge is 0.426 e. The van der Waals surface area contributed by atoms with E-state index in [4.69, 9.17) is 14.3 Å². The van der Waals surface area contributed by atoms with Crippen molar-refractivity contribution in [1.29, 1.82) is 0 Å². The number of nitrogens with one attached hydrogen (secondary N) is 1. The Morgan fingerprint density at radius 3 is 2.15 bits per heavy atom. The van der Waals surface area contributed by atoms with Gasteiger partial charge in [0.2, 0.25) is 5.91 Å². The molecule has 0 saturated carbocycles. The first kappa shape index (κ1) is 23.1. The van der Waals surface area contributed by atoms with Crippen LogP contribution < -0.4 is 10.1 Å². The third kappa shape index (κ3) is 6.92. The molecule has 7 nitrogen and oxygen atoms in total. The van der Waals surface area contributed by atoms with Crippen LogP contribution >= 0.6 is 8.81 Å². The average molecular weight is 397 g/mol. The molecule has 0 spiro atoms. The van der Waals surface area contributed by atoms with Crippen molar-refractivity contribution in [2.45, 2.75) is 47.5 Å². The lowest BCUT2D eigenvalue weighted by Gasteiger charge is -2.32. The Kier molecular flexibility index (Phi) is 8.38. The molecule has 1 aromatic rings. The predicted octanol–water partition coefficient (Wildman–Crippen LogP) is 4.08. The second-order valence-corrected chi connectivity index (χ2v) is 7.80. The maximum Gasteiger partial charge on any atom is 0.348 e. The van der Waals surface area contributed by atoms with Gasteiger partial charge in [-0.1, -0.05) is 6.92 Å². The van der Waals surface area contributed by atoms with E-state index in [2.05, 4.69) is 5.32 Å². The Hall–Kier alpha value is -1.98. The molecular formula is C19H28NO6P. The highest BCUT2D eigenvalue weighted by Gasteiger charge is 2.43. The zero-order valence-electron chi connectivity index (χ0n) is 16.7. The molecule has 1 N–H and O–H groups in total. The normalized spacial score (nSPS) is 13.9. The summed E-state index contributed by atoms with van der Waals surface area (Å²) in [6.45, 7) is 10.2. The average Bonchev–Trinajstić information content (AvgIpc) is 2.60. The number of carbonyl (C=O) groups is 3. The second kappa shape index (κ2) is 9.81. The van der Waals surface area contributed by atoms with Crippen molar-refractivity contribution in [1.82, 2.24) is 0 Å². The minimum atomic E-state index is -0.922. The second-order valence-electron chi connectivity index (χ2n) is 7.23. The number of ether oxygens (including phenoxy) is 1. The number of amides is 1. The van der Waals surface area contributed by atoms with Crippen molar-refractivity contribution < 1.29 is 28.7 Å². The summed E-state index contributed by atoms with van der Waals surface area (Å²) in [4.78, 5) is 40.8. The first-order chi connectivity index (χ1) is 12.5. The Morgan fingerprint density at radius 2 is 1.67 bits per heavy atom. The standard InChI is InChI=1S/C19H28NO6P/c1-7-19(5,17(23)25-26-27-6)12-18(3,4)16(22)24-15-10-8-14(9-11-15)20-13(2)21/h8-11,27H,7,12H2,1-6H3,(H,20,21). The molecule has 0 aliphatic carbocycles. The molecule has 0 aliphatic rings. The third-order valence-electron chi connectivity index (χ3n) is 4.24. The highest BCUT2D eigenvalue weighted by molar-refractivity contribution is 7.31. The van der Waals surface area contributed by atoms with Crippen LogP contribution in [0.25, 0.3) is 0 Å². The van der Waals surface area contributed by atoms with Gasteiger partial charge in [0, 0.05) is 12.6 Å².